The van der Waals surface area contributed by atoms with Crippen LogP contribution in [-0.2, 0) is 0 Å². The van der Waals surface area contributed by atoms with Gasteiger partial charge in [0.1, 0.15) is 28.6 Å². The van der Waals surface area contributed by atoms with Crippen molar-refractivity contribution in [2.24, 2.45) is 0 Å². The van der Waals surface area contributed by atoms with Crippen molar-refractivity contribution in [3.8, 4) is 16.9 Å². The second-order valence-corrected chi connectivity index (χ2v) is 10.8. The first-order valence-corrected chi connectivity index (χ1v) is 13.5. The van der Waals surface area contributed by atoms with Crippen LogP contribution in [0.5, 0.6) is 5.75 Å². The van der Waals surface area contributed by atoms with Crippen molar-refractivity contribution >= 4 is 28.8 Å². The number of hydrogen-bond acceptors (Lipinski definition) is 6. The summed E-state index contributed by atoms with van der Waals surface area (Å²) in [5.41, 5.74) is 9.22. The van der Waals surface area contributed by atoms with E-state index >= 15 is 4.39 Å². The molecule has 5 rings (SSSR count). The van der Waals surface area contributed by atoms with E-state index in [4.69, 9.17) is 27.1 Å². The zero-order valence-corrected chi connectivity index (χ0v) is 23.5. The van der Waals surface area contributed by atoms with E-state index in [9.17, 15) is 4.79 Å². The summed E-state index contributed by atoms with van der Waals surface area (Å²) in [5, 5.41) is -0.0484. The number of fused-ring (bicyclic) bond motifs is 1. The van der Waals surface area contributed by atoms with Crippen LogP contribution in [-0.4, -0.2) is 48.9 Å². The van der Waals surface area contributed by atoms with E-state index in [2.05, 4.69) is 9.97 Å². The predicted molar refractivity (Wildman–Crippen MR) is 150 cm³/mol. The molecule has 1 saturated heterocycles. The Balaban J connectivity index is 1.62. The van der Waals surface area contributed by atoms with Crippen LogP contribution in [0.2, 0.25) is 5.02 Å². The summed E-state index contributed by atoms with van der Waals surface area (Å²) in [6.07, 6.45) is 6.62. The fourth-order valence-electron chi connectivity index (χ4n) is 5.33. The van der Waals surface area contributed by atoms with E-state index in [0.29, 0.717) is 40.8 Å². The zero-order chi connectivity index (χ0) is 28.0. The van der Waals surface area contributed by atoms with Crippen molar-refractivity contribution in [2.75, 3.05) is 12.3 Å². The van der Waals surface area contributed by atoms with Crippen molar-refractivity contribution in [3.63, 3.8) is 0 Å². The number of rotatable bonds is 6. The number of likely N-dealkylation sites (tertiary alicyclic amines) is 1. The number of aromatic nitrogens is 4. The number of carbonyl (C=O) groups is 1. The van der Waals surface area contributed by atoms with Crippen molar-refractivity contribution in [3.05, 3.63) is 70.4 Å². The Morgan fingerprint density at radius 1 is 1.26 bits per heavy atom. The summed E-state index contributed by atoms with van der Waals surface area (Å²) < 4.78 is 23.9. The van der Waals surface area contributed by atoms with Crippen molar-refractivity contribution in [1.82, 2.24) is 24.3 Å². The molecule has 39 heavy (non-hydrogen) atoms. The molecule has 1 aliphatic rings. The fourth-order valence-corrected chi connectivity index (χ4v) is 5.55. The molecule has 4 aromatic rings. The molecule has 1 amide bonds. The SMILES string of the molecule is Cc1nc([C@@H](C)c2cc(Cl)c(F)c(-c3ccc(C(=O)N4CCC[C@@H]4C)nc3)c2OC(C)C)n2ccnc(N)c12. The molecule has 204 valence electrons. The third-order valence-corrected chi connectivity index (χ3v) is 7.55. The van der Waals surface area contributed by atoms with Gasteiger partial charge in [-0.05, 0) is 52.7 Å². The number of ether oxygens (including phenoxy) is 1. The molecule has 0 aliphatic carbocycles. The lowest BCUT2D eigenvalue weighted by molar-refractivity contribution is 0.0741. The summed E-state index contributed by atoms with van der Waals surface area (Å²) >= 11 is 6.47. The van der Waals surface area contributed by atoms with Gasteiger partial charge >= 0.3 is 0 Å². The van der Waals surface area contributed by atoms with E-state index in [-0.39, 0.29) is 34.6 Å². The lowest BCUT2D eigenvalue weighted by Gasteiger charge is -2.23. The maximum atomic E-state index is 15.7. The Labute approximate surface area is 232 Å². The number of benzene rings is 1. The summed E-state index contributed by atoms with van der Waals surface area (Å²) in [5.74, 6) is 0.337. The third kappa shape index (κ3) is 4.80. The highest BCUT2D eigenvalue weighted by molar-refractivity contribution is 6.31. The number of aryl methyl sites for hydroxylation is 1. The molecule has 10 heteroatoms. The van der Waals surface area contributed by atoms with Crippen LogP contribution in [0.4, 0.5) is 10.2 Å². The van der Waals surface area contributed by atoms with E-state index < -0.39 is 5.82 Å². The molecule has 0 radical (unpaired) electrons. The minimum absolute atomic E-state index is 0.0484. The first-order chi connectivity index (χ1) is 18.6. The van der Waals surface area contributed by atoms with Gasteiger partial charge in [0.25, 0.3) is 5.91 Å². The second-order valence-electron chi connectivity index (χ2n) is 10.4. The standard InChI is InChI=1S/C29H32ClFN6O2/c1-15(2)39-26-20(17(4)28-35-18(5)25-27(32)33-10-12-37(25)28)13-21(30)24(31)23(26)19-8-9-22(34-14-19)29(38)36-11-6-7-16(36)3/h8-10,12-17H,6-7,11H2,1-5H3,(H2,32,33)/t16-,17-/m0/s1. The number of nitrogen functional groups attached to an aromatic ring is 1. The van der Waals surface area contributed by atoms with Crippen molar-refractivity contribution < 1.29 is 13.9 Å². The molecule has 0 saturated carbocycles. The third-order valence-electron chi connectivity index (χ3n) is 7.28. The van der Waals surface area contributed by atoms with Gasteiger partial charge in [-0.2, -0.15) is 0 Å². The molecule has 1 aromatic carbocycles. The summed E-state index contributed by atoms with van der Waals surface area (Å²) in [6, 6.07) is 5.09. The lowest BCUT2D eigenvalue weighted by atomic mass is 9.93. The Bertz CT molecular complexity index is 1550. The van der Waals surface area contributed by atoms with Gasteiger partial charge in [0.15, 0.2) is 5.82 Å². The van der Waals surface area contributed by atoms with Crippen molar-refractivity contribution in [2.45, 2.75) is 65.5 Å². The first kappa shape index (κ1) is 26.9. The normalized spacial score (nSPS) is 16.3. The maximum absolute atomic E-state index is 15.7. The average Bonchev–Trinajstić information content (AvgIpc) is 3.49. The number of imidazole rings is 1. The highest BCUT2D eigenvalue weighted by Crippen LogP contribution is 2.44. The molecule has 2 atom stereocenters. The van der Waals surface area contributed by atoms with Crippen molar-refractivity contribution in [1.29, 1.82) is 0 Å². The van der Waals surface area contributed by atoms with Crippen LogP contribution in [0.1, 0.15) is 74.0 Å². The molecular formula is C29H32ClFN6O2. The van der Waals surface area contributed by atoms with Crippen LogP contribution in [0, 0.1) is 12.7 Å². The predicted octanol–water partition coefficient (Wildman–Crippen LogP) is 6.04. The van der Waals surface area contributed by atoms with Gasteiger partial charge in [0.05, 0.1) is 22.4 Å². The quantitative estimate of drug-likeness (QED) is 0.314. The molecule has 2 N–H and O–H groups in total. The number of nitrogens with two attached hydrogens (primary N) is 1. The minimum atomic E-state index is -0.616. The topological polar surface area (TPSA) is 98.6 Å². The lowest BCUT2D eigenvalue weighted by Crippen LogP contribution is -2.34. The number of nitrogens with zero attached hydrogens (tertiary/aromatic N) is 5. The largest absolute Gasteiger partial charge is 0.490 e. The molecule has 0 unspecified atom stereocenters. The summed E-state index contributed by atoms with van der Waals surface area (Å²) in [6.45, 7) is 10.3. The molecule has 4 heterocycles. The number of halogens is 2. The summed E-state index contributed by atoms with van der Waals surface area (Å²) in [7, 11) is 0. The molecule has 1 fully saturated rings. The Hall–Kier alpha value is -3.72. The smallest absolute Gasteiger partial charge is 0.272 e. The van der Waals surface area contributed by atoms with E-state index in [1.54, 1.807) is 30.6 Å². The number of hydrogen-bond donors (Lipinski definition) is 1. The monoisotopic (exact) mass is 550 g/mol. The Morgan fingerprint density at radius 2 is 2.03 bits per heavy atom. The summed E-state index contributed by atoms with van der Waals surface area (Å²) in [4.78, 5) is 28.2. The molecule has 3 aromatic heterocycles. The van der Waals surface area contributed by atoms with E-state index in [1.807, 2.05) is 43.9 Å². The number of amides is 1. The molecule has 0 spiro atoms. The molecule has 0 bridgehead atoms. The van der Waals surface area contributed by atoms with E-state index in [0.717, 1.165) is 24.1 Å². The van der Waals surface area contributed by atoms with Gasteiger partial charge in [-0.3, -0.25) is 14.2 Å². The fraction of sp³-hybridized carbons (Fsp3) is 0.379. The highest BCUT2D eigenvalue weighted by Gasteiger charge is 2.29. The molecular weight excluding hydrogens is 519 g/mol. The Kier molecular flexibility index (Phi) is 7.20. The van der Waals surface area contributed by atoms with Gasteiger partial charge in [0, 0.05) is 48.2 Å². The first-order valence-electron chi connectivity index (χ1n) is 13.1. The highest BCUT2D eigenvalue weighted by atomic mass is 35.5. The molecule has 8 nitrogen and oxygen atoms in total. The zero-order valence-electron chi connectivity index (χ0n) is 22.7. The minimum Gasteiger partial charge on any atom is -0.490 e. The Morgan fingerprint density at radius 3 is 2.67 bits per heavy atom. The molecule has 1 aliphatic heterocycles. The second kappa shape index (κ2) is 10.4. The number of anilines is 1. The van der Waals surface area contributed by atoms with Crippen LogP contribution >= 0.6 is 11.6 Å². The van der Waals surface area contributed by atoms with E-state index in [1.165, 1.54) is 6.20 Å². The van der Waals surface area contributed by atoms with Crippen LogP contribution in [0.3, 0.4) is 0 Å². The van der Waals surface area contributed by atoms with Gasteiger partial charge < -0.3 is 15.4 Å². The maximum Gasteiger partial charge on any atom is 0.272 e. The number of carbonyl (C=O) groups excluding carboxylic acids is 1. The van der Waals surface area contributed by atoms with Gasteiger partial charge in [-0.25, -0.2) is 14.4 Å². The average molecular weight is 551 g/mol. The van der Waals surface area contributed by atoms with Crippen LogP contribution in [0.25, 0.3) is 16.6 Å². The van der Waals surface area contributed by atoms with Crippen LogP contribution in [0.15, 0.2) is 36.8 Å². The van der Waals surface area contributed by atoms with Crippen LogP contribution < -0.4 is 10.5 Å². The van der Waals surface area contributed by atoms with Gasteiger partial charge in [0.2, 0.25) is 0 Å². The van der Waals surface area contributed by atoms with Gasteiger partial charge in [-0.1, -0.05) is 24.6 Å². The van der Waals surface area contributed by atoms with Gasteiger partial charge in [-0.15, -0.1) is 0 Å². The number of pyridine rings is 1.